The van der Waals surface area contributed by atoms with Crippen LogP contribution in [0.25, 0.3) is 0 Å². The van der Waals surface area contributed by atoms with Crippen molar-refractivity contribution in [3.05, 3.63) is 46.3 Å². The Bertz CT molecular complexity index is 599. The van der Waals surface area contributed by atoms with Crippen molar-refractivity contribution in [3.63, 3.8) is 0 Å². The summed E-state index contributed by atoms with van der Waals surface area (Å²) >= 11 is 5.96. The second-order valence-electron chi connectivity index (χ2n) is 4.78. The zero-order chi connectivity index (χ0) is 14.1. The number of hydrogen-bond acceptors (Lipinski definition) is 5. The number of hydrogen-bond donors (Lipinski definition) is 2. The lowest BCUT2D eigenvalue weighted by Gasteiger charge is -2.03. The average Bonchev–Trinajstić information content (AvgIpc) is 3.03. The number of rotatable bonds is 3. The Morgan fingerprint density at radius 3 is 3.05 bits per heavy atom. The van der Waals surface area contributed by atoms with Gasteiger partial charge in [-0.1, -0.05) is 22.8 Å². The van der Waals surface area contributed by atoms with E-state index in [1.807, 2.05) is 0 Å². The number of β-amino-alcohol motifs (C(OH)–C–C–N with tert-alkyl or cyclic N) is 1. The molecular weight excluding hydrogens is 285 g/mol. The van der Waals surface area contributed by atoms with Gasteiger partial charge in [0, 0.05) is 23.6 Å². The maximum absolute atomic E-state index is 13.7. The molecule has 7 heteroatoms. The smallest absolute Gasteiger partial charge is 0.243 e. The molecule has 5 nitrogen and oxygen atoms in total. The van der Waals surface area contributed by atoms with Crippen LogP contribution < -0.4 is 5.32 Å². The van der Waals surface area contributed by atoms with Crippen LogP contribution in [-0.4, -0.2) is 27.9 Å². The van der Waals surface area contributed by atoms with Crippen LogP contribution in [0.4, 0.5) is 4.39 Å². The van der Waals surface area contributed by atoms with Crippen LogP contribution in [0, 0.1) is 5.82 Å². The molecule has 1 saturated heterocycles. The second kappa shape index (κ2) is 5.47. The molecule has 2 N–H and O–H groups in total. The lowest BCUT2D eigenvalue weighted by Crippen LogP contribution is -2.15. The zero-order valence-corrected chi connectivity index (χ0v) is 11.3. The molecule has 0 bridgehead atoms. The summed E-state index contributed by atoms with van der Waals surface area (Å²) in [6.07, 6.45) is 0.295. The standard InChI is InChI=1S/C13H13ClFN3O2/c14-9-2-1-3-10(15)8(9)5-12-17-13(20-18-12)11-4-7(19)6-16-11/h1-3,7,11,16,19H,4-6H2/t7-,11-/m1/s1. The minimum atomic E-state index is -0.406. The number of aliphatic hydroxyl groups is 1. The number of benzene rings is 1. The molecule has 1 fully saturated rings. The van der Waals surface area contributed by atoms with E-state index < -0.39 is 11.9 Å². The lowest BCUT2D eigenvalue weighted by molar-refractivity contribution is 0.191. The van der Waals surface area contributed by atoms with Crippen molar-refractivity contribution < 1.29 is 14.0 Å². The van der Waals surface area contributed by atoms with Crippen molar-refractivity contribution in [1.29, 1.82) is 0 Å². The molecule has 1 aromatic carbocycles. The molecule has 0 radical (unpaired) electrons. The van der Waals surface area contributed by atoms with Gasteiger partial charge >= 0.3 is 0 Å². The summed E-state index contributed by atoms with van der Waals surface area (Å²) in [6.45, 7) is 0.502. The topological polar surface area (TPSA) is 71.2 Å². The molecule has 2 aromatic rings. The van der Waals surface area contributed by atoms with E-state index in [2.05, 4.69) is 15.5 Å². The van der Waals surface area contributed by atoms with Gasteiger partial charge in [0.1, 0.15) is 5.82 Å². The number of nitrogens with zero attached hydrogens (tertiary/aromatic N) is 2. The first-order chi connectivity index (χ1) is 9.63. The molecular formula is C13H13ClFN3O2. The molecule has 106 valence electrons. The molecule has 1 aromatic heterocycles. The molecule has 20 heavy (non-hydrogen) atoms. The maximum Gasteiger partial charge on any atom is 0.243 e. The molecule has 0 amide bonds. The summed E-state index contributed by atoms with van der Waals surface area (Å²) in [5.74, 6) is 0.387. The summed E-state index contributed by atoms with van der Waals surface area (Å²) in [4.78, 5) is 4.23. The lowest BCUT2D eigenvalue weighted by atomic mass is 10.1. The van der Waals surface area contributed by atoms with Gasteiger partial charge in [-0.25, -0.2) is 4.39 Å². The zero-order valence-electron chi connectivity index (χ0n) is 10.5. The summed E-state index contributed by atoms with van der Waals surface area (Å²) in [6, 6.07) is 4.36. The van der Waals surface area contributed by atoms with E-state index in [1.165, 1.54) is 6.07 Å². The van der Waals surface area contributed by atoms with Crippen LogP contribution in [0.2, 0.25) is 5.02 Å². The Hall–Kier alpha value is -1.50. The van der Waals surface area contributed by atoms with Crippen molar-refractivity contribution in [2.24, 2.45) is 0 Å². The third-order valence-electron chi connectivity index (χ3n) is 3.29. The van der Waals surface area contributed by atoms with Crippen molar-refractivity contribution in [3.8, 4) is 0 Å². The van der Waals surface area contributed by atoms with Gasteiger partial charge in [-0.2, -0.15) is 4.98 Å². The predicted octanol–water partition coefficient (Wildman–Crippen LogP) is 1.85. The minimum Gasteiger partial charge on any atom is -0.392 e. The van der Waals surface area contributed by atoms with E-state index in [0.29, 0.717) is 35.3 Å². The van der Waals surface area contributed by atoms with Crippen molar-refractivity contribution in [2.75, 3.05) is 6.54 Å². The van der Waals surface area contributed by atoms with Gasteiger partial charge in [0.05, 0.1) is 12.1 Å². The van der Waals surface area contributed by atoms with Crippen LogP contribution in [0.3, 0.4) is 0 Å². The molecule has 3 rings (SSSR count). The first-order valence-corrected chi connectivity index (χ1v) is 6.68. The van der Waals surface area contributed by atoms with Gasteiger partial charge in [0.15, 0.2) is 5.82 Å². The first-order valence-electron chi connectivity index (χ1n) is 6.30. The van der Waals surface area contributed by atoms with E-state index in [0.717, 1.165) is 0 Å². The summed E-state index contributed by atoms with van der Waals surface area (Å²) in [5.41, 5.74) is 0.348. The van der Waals surface area contributed by atoms with Crippen molar-refractivity contribution in [2.45, 2.75) is 25.0 Å². The van der Waals surface area contributed by atoms with E-state index in [4.69, 9.17) is 16.1 Å². The molecule has 0 saturated carbocycles. The highest BCUT2D eigenvalue weighted by molar-refractivity contribution is 6.31. The Balaban J connectivity index is 1.77. The van der Waals surface area contributed by atoms with Gasteiger partial charge in [-0.05, 0) is 18.6 Å². The second-order valence-corrected chi connectivity index (χ2v) is 5.18. The van der Waals surface area contributed by atoms with Gasteiger partial charge < -0.3 is 14.9 Å². The third-order valence-corrected chi connectivity index (χ3v) is 3.64. The first kappa shape index (κ1) is 13.5. The molecule has 0 unspecified atom stereocenters. The summed E-state index contributed by atoms with van der Waals surface area (Å²) in [7, 11) is 0. The van der Waals surface area contributed by atoms with Crippen molar-refractivity contribution >= 4 is 11.6 Å². The highest BCUT2D eigenvalue weighted by atomic mass is 35.5. The quantitative estimate of drug-likeness (QED) is 0.904. The molecule has 2 atom stereocenters. The number of nitrogens with one attached hydrogen (secondary N) is 1. The fraction of sp³-hybridized carbons (Fsp3) is 0.385. The Labute approximate surface area is 119 Å². The normalized spacial score (nSPS) is 22.4. The highest BCUT2D eigenvalue weighted by Gasteiger charge is 2.28. The van der Waals surface area contributed by atoms with E-state index in [-0.39, 0.29) is 12.5 Å². The van der Waals surface area contributed by atoms with Crippen LogP contribution in [0.5, 0.6) is 0 Å². The van der Waals surface area contributed by atoms with Gasteiger partial charge in [-0.15, -0.1) is 0 Å². The minimum absolute atomic E-state index is 0.151. The summed E-state index contributed by atoms with van der Waals surface area (Å²) < 4.78 is 18.8. The van der Waals surface area contributed by atoms with Gasteiger partial charge in [-0.3, -0.25) is 0 Å². The maximum atomic E-state index is 13.7. The fourth-order valence-corrected chi connectivity index (χ4v) is 2.48. The van der Waals surface area contributed by atoms with Crippen LogP contribution in [-0.2, 0) is 6.42 Å². The fourth-order valence-electron chi connectivity index (χ4n) is 2.25. The van der Waals surface area contributed by atoms with Crippen LogP contribution in [0.1, 0.15) is 29.7 Å². The van der Waals surface area contributed by atoms with E-state index in [9.17, 15) is 9.50 Å². The van der Waals surface area contributed by atoms with Crippen LogP contribution >= 0.6 is 11.6 Å². The molecule has 2 heterocycles. The monoisotopic (exact) mass is 297 g/mol. The number of aromatic nitrogens is 2. The largest absolute Gasteiger partial charge is 0.392 e. The van der Waals surface area contributed by atoms with Gasteiger partial charge in [0.2, 0.25) is 5.89 Å². The SMILES string of the molecule is O[C@H]1CN[C@@H](c2nc(Cc3c(F)cccc3Cl)no2)C1. The molecule has 0 spiro atoms. The number of aliphatic hydroxyl groups excluding tert-OH is 1. The highest BCUT2D eigenvalue weighted by Crippen LogP contribution is 2.24. The average molecular weight is 298 g/mol. The van der Waals surface area contributed by atoms with E-state index >= 15 is 0 Å². The Morgan fingerprint density at radius 2 is 2.35 bits per heavy atom. The van der Waals surface area contributed by atoms with Crippen molar-refractivity contribution in [1.82, 2.24) is 15.5 Å². The Morgan fingerprint density at radius 1 is 1.50 bits per heavy atom. The molecule has 1 aliphatic heterocycles. The third kappa shape index (κ3) is 2.67. The van der Waals surface area contributed by atoms with Gasteiger partial charge in [0.25, 0.3) is 0 Å². The number of halogens is 2. The molecule has 0 aliphatic carbocycles. The summed E-state index contributed by atoms with van der Waals surface area (Å²) in [5, 5.41) is 16.7. The van der Waals surface area contributed by atoms with Crippen LogP contribution in [0.15, 0.2) is 22.7 Å². The Kier molecular flexibility index (Phi) is 3.69. The molecule has 1 aliphatic rings. The predicted molar refractivity (Wildman–Crippen MR) is 69.9 cm³/mol. The van der Waals surface area contributed by atoms with E-state index in [1.54, 1.807) is 12.1 Å².